The maximum absolute atomic E-state index is 12.6. The fourth-order valence-electron chi connectivity index (χ4n) is 2.48. The minimum atomic E-state index is -0.523. The molecule has 4 heteroatoms. The summed E-state index contributed by atoms with van der Waals surface area (Å²) in [6.07, 6.45) is 0.899. The molecule has 2 aromatic carbocycles. The summed E-state index contributed by atoms with van der Waals surface area (Å²) >= 11 is 5.88. The van der Waals surface area contributed by atoms with E-state index in [1.807, 2.05) is 6.92 Å². The van der Waals surface area contributed by atoms with E-state index < -0.39 is 6.10 Å². The lowest BCUT2D eigenvalue weighted by Crippen LogP contribution is -2.39. The first-order valence-electron chi connectivity index (χ1n) is 8.32. The predicted octanol–water partition coefficient (Wildman–Crippen LogP) is 5.07. The first kappa shape index (κ1) is 18.3. The van der Waals surface area contributed by atoms with Crippen molar-refractivity contribution in [2.45, 2.75) is 45.8 Å². The lowest BCUT2D eigenvalue weighted by molar-refractivity contribution is -0.128. The number of carbonyl (C=O) groups is 1. The Morgan fingerprint density at radius 2 is 1.67 bits per heavy atom. The van der Waals surface area contributed by atoms with E-state index in [-0.39, 0.29) is 11.9 Å². The number of halogens is 1. The van der Waals surface area contributed by atoms with E-state index in [0.29, 0.717) is 17.2 Å². The van der Waals surface area contributed by atoms with Crippen LogP contribution in [0, 0.1) is 6.92 Å². The maximum atomic E-state index is 12.6. The molecule has 3 nitrogen and oxygen atoms in total. The lowest BCUT2D eigenvalue weighted by atomic mass is 10.0. The third-order valence-electron chi connectivity index (χ3n) is 3.96. The first-order valence-corrected chi connectivity index (χ1v) is 8.70. The highest BCUT2D eigenvalue weighted by molar-refractivity contribution is 6.30. The number of hydrogen-bond donors (Lipinski definition) is 1. The molecule has 0 radical (unpaired) electrons. The van der Waals surface area contributed by atoms with Gasteiger partial charge in [-0.15, -0.1) is 0 Å². The van der Waals surface area contributed by atoms with Gasteiger partial charge in [-0.2, -0.15) is 0 Å². The molecule has 1 N–H and O–H groups in total. The molecule has 0 saturated heterocycles. The standard InChI is InChI=1S/C20H24ClNO2/c1-4-18(15-8-6-14(3)7-9-15)22-20(23)19(5-2)24-17-12-10-16(21)11-13-17/h6-13,18-19H,4-5H2,1-3H3,(H,22,23)/t18-,19-/m0/s1. The topological polar surface area (TPSA) is 38.3 Å². The van der Waals surface area contributed by atoms with Crippen molar-refractivity contribution in [2.75, 3.05) is 0 Å². The van der Waals surface area contributed by atoms with E-state index in [0.717, 1.165) is 12.0 Å². The number of carbonyl (C=O) groups excluding carboxylic acids is 1. The van der Waals surface area contributed by atoms with Crippen LogP contribution >= 0.6 is 11.6 Å². The molecular formula is C20H24ClNO2. The molecular weight excluding hydrogens is 322 g/mol. The summed E-state index contributed by atoms with van der Waals surface area (Å²) in [5.74, 6) is 0.546. The van der Waals surface area contributed by atoms with Gasteiger partial charge in [-0.3, -0.25) is 4.79 Å². The molecule has 0 spiro atoms. The molecule has 0 aliphatic carbocycles. The summed E-state index contributed by atoms with van der Waals surface area (Å²) in [7, 11) is 0. The molecule has 0 unspecified atom stereocenters. The summed E-state index contributed by atoms with van der Waals surface area (Å²) < 4.78 is 5.81. The number of nitrogens with one attached hydrogen (secondary N) is 1. The summed E-state index contributed by atoms with van der Waals surface area (Å²) in [4.78, 5) is 12.6. The lowest BCUT2D eigenvalue weighted by Gasteiger charge is -2.22. The molecule has 2 rings (SSSR count). The van der Waals surface area contributed by atoms with Gasteiger partial charge in [-0.25, -0.2) is 0 Å². The monoisotopic (exact) mass is 345 g/mol. The molecule has 0 aliphatic rings. The zero-order valence-electron chi connectivity index (χ0n) is 14.4. The van der Waals surface area contributed by atoms with Crippen LogP contribution in [0.25, 0.3) is 0 Å². The minimum absolute atomic E-state index is 0.0130. The van der Waals surface area contributed by atoms with Crippen molar-refractivity contribution in [1.29, 1.82) is 0 Å². The normalized spacial score (nSPS) is 13.2. The zero-order chi connectivity index (χ0) is 17.5. The number of hydrogen-bond acceptors (Lipinski definition) is 2. The van der Waals surface area contributed by atoms with E-state index >= 15 is 0 Å². The van der Waals surface area contributed by atoms with Crippen molar-refractivity contribution in [1.82, 2.24) is 5.32 Å². The van der Waals surface area contributed by atoms with Crippen LogP contribution in [0.1, 0.15) is 43.9 Å². The van der Waals surface area contributed by atoms with Crippen LogP contribution < -0.4 is 10.1 Å². The third-order valence-corrected chi connectivity index (χ3v) is 4.21. The first-order chi connectivity index (χ1) is 11.5. The molecule has 0 fully saturated rings. The van der Waals surface area contributed by atoms with Gasteiger partial charge in [0.15, 0.2) is 6.10 Å². The second kappa shape index (κ2) is 8.74. The number of rotatable bonds is 7. The Balaban J connectivity index is 2.04. The number of aryl methyl sites for hydroxylation is 1. The van der Waals surface area contributed by atoms with Crippen LogP contribution in [-0.4, -0.2) is 12.0 Å². The molecule has 2 atom stereocenters. The summed E-state index contributed by atoms with van der Waals surface area (Å²) in [6, 6.07) is 15.3. The fourth-order valence-corrected chi connectivity index (χ4v) is 2.61. The summed E-state index contributed by atoms with van der Waals surface area (Å²) in [5, 5.41) is 3.74. The Bertz CT molecular complexity index is 652. The van der Waals surface area contributed by atoms with Gasteiger partial charge in [0.05, 0.1) is 6.04 Å². The van der Waals surface area contributed by atoms with Crippen LogP contribution in [0.2, 0.25) is 5.02 Å². The predicted molar refractivity (Wildman–Crippen MR) is 98.5 cm³/mol. The second-order valence-electron chi connectivity index (χ2n) is 5.85. The van der Waals surface area contributed by atoms with E-state index in [1.54, 1.807) is 24.3 Å². The second-order valence-corrected chi connectivity index (χ2v) is 6.29. The molecule has 0 bridgehead atoms. The Hall–Kier alpha value is -2.00. The summed E-state index contributed by atoms with van der Waals surface area (Å²) in [5.41, 5.74) is 2.32. The third kappa shape index (κ3) is 5.00. The van der Waals surface area contributed by atoms with Crippen LogP contribution in [0.4, 0.5) is 0 Å². The van der Waals surface area contributed by atoms with Gasteiger partial charge in [-0.05, 0) is 49.6 Å². The molecule has 0 aliphatic heterocycles. The zero-order valence-corrected chi connectivity index (χ0v) is 15.1. The Morgan fingerprint density at radius 1 is 1.04 bits per heavy atom. The Kier molecular flexibility index (Phi) is 6.68. The van der Waals surface area contributed by atoms with Crippen molar-refractivity contribution < 1.29 is 9.53 Å². The SMILES string of the molecule is CC[C@H](Oc1ccc(Cl)cc1)C(=O)N[C@@H](CC)c1ccc(C)cc1. The molecule has 24 heavy (non-hydrogen) atoms. The largest absolute Gasteiger partial charge is 0.481 e. The number of benzene rings is 2. The molecule has 1 amide bonds. The molecule has 0 saturated carbocycles. The summed E-state index contributed by atoms with van der Waals surface area (Å²) in [6.45, 7) is 6.05. The van der Waals surface area contributed by atoms with Crippen LogP contribution in [0.3, 0.4) is 0 Å². The van der Waals surface area contributed by atoms with Gasteiger partial charge < -0.3 is 10.1 Å². The molecule has 0 heterocycles. The number of ether oxygens (including phenoxy) is 1. The highest BCUT2D eigenvalue weighted by Gasteiger charge is 2.21. The highest BCUT2D eigenvalue weighted by atomic mass is 35.5. The molecule has 128 valence electrons. The quantitative estimate of drug-likeness (QED) is 0.760. The van der Waals surface area contributed by atoms with Crippen LogP contribution in [0.5, 0.6) is 5.75 Å². The van der Waals surface area contributed by atoms with Gasteiger partial charge in [0.25, 0.3) is 5.91 Å². The van der Waals surface area contributed by atoms with Crippen molar-refractivity contribution >= 4 is 17.5 Å². The fraction of sp³-hybridized carbons (Fsp3) is 0.350. The van der Waals surface area contributed by atoms with Crippen LogP contribution in [-0.2, 0) is 4.79 Å². The Labute approximate surface area is 149 Å². The van der Waals surface area contributed by atoms with E-state index in [9.17, 15) is 4.79 Å². The number of amides is 1. The maximum Gasteiger partial charge on any atom is 0.261 e. The van der Waals surface area contributed by atoms with Crippen molar-refractivity contribution in [3.8, 4) is 5.75 Å². The Morgan fingerprint density at radius 3 is 2.21 bits per heavy atom. The molecule has 2 aromatic rings. The van der Waals surface area contributed by atoms with Crippen LogP contribution in [0.15, 0.2) is 48.5 Å². The van der Waals surface area contributed by atoms with Crippen molar-refractivity contribution in [3.63, 3.8) is 0 Å². The van der Waals surface area contributed by atoms with E-state index in [4.69, 9.17) is 16.3 Å². The molecule has 0 aromatic heterocycles. The van der Waals surface area contributed by atoms with Gasteiger partial charge in [0.2, 0.25) is 0 Å². The average Bonchev–Trinajstić information content (AvgIpc) is 2.59. The van der Waals surface area contributed by atoms with Crippen molar-refractivity contribution in [3.05, 3.63) is 64.7 Å². The highest BCUT2D eigenvalue weighted by Crippen LogP contribution is 2.20. The van der Waals surface area contributed by atoms with Gasteiger partial charge in [-0.1, -0.05) is 55.3 Å². The smallest absolute Gasteiger partial charge is 0.261 e. The van der Waals surface area contributed by atoms with E-state index in [2.05, 4.69) is 43.4 Å². The van der Waals surface area contributed by atoms with E-state index in [1.165, 1.54) is 5.56 Å². The van der Waals surface area contributed by atoms with Gasteiger partial charge >= 0.3 is 0 Å². The van der Waals surface area contributed by atoms with Gasteiger partial charge in [0.1, 0.15) is 5.75 Å². The minimum Gasteiger partial charge on any atom is -0.481 e. The van der Waals surface area contributed by atoms with Gasteiger partial charge in [0, 0.05) is 5.02 Å². The van der Waals surface area contributed by atoms with Crippen molar-refractivity contribution in [2.24, 2.45) is 0 Å². The average molecular weight is 346 g/mol.